The van der Waals surface area contributed by atoms with E-state index >= 15 is 0 Å². The molecule has 2 heterocycles. The van der Waals surface area contributed by atoms with Crippen molar-refractivity contribution in [2.45, 2.75) is 16.2 Å². The molecule has 0 aliphatic carbocycles. The van der Waals surface area contributed by atoms with E-state index in [1.807, 2.05) is 48.5 Å². The molecule has 8 heteroatoms. The van der Waals surface area contributed by atoms with Gasteiger partial charge in [-0.2, -0.15) is 13.2 Å². The van der Waals surface area contributed by atoms with Gasteiger partial charge in [0.05, 0.1) is 11.4 Å². The molecule has 0 radical (unpaired) electrons. The van der Waals surface area contributed by atoms with Crippen molar-refractivity contribution in [2.75, 3.05) is 0 Å². The Morgan fingerprint density at radius 3 is 1.91 bits per heavy atom. The monoisotopic (exact) mass is 451 g/mol. The van der Waals surface area contributed by atoms with Crippen LogP contribution in [0.2, 0.25) is 0 Å². The standard InChI is InChI=1S/C24H16F3N3OS/c25-24(26,27)23(18-14-8-3-9-15-18)29-21(31)30-20(17-12-6-2-7-13-17)19(28-22(30)32-23)16-10-4-1-5-11-16/h1-15H,(H,29,31)/t23-/m1/s1. The van der Waals surface area contributed by atoms with Crippen molar-refractivity contribution in [3.8, 4) is 22.5 Å². The van der Waals surface area contributed by atoms with Gasteiger partial charge in [-0.1, -0.05) is 91.0 Å². The van der Waals surface area contributed by atoms with Crippen molar-refractivity contribution in [1.82, 2.24) is 14.9 Å². The van der Waals surface area contributed by atoms with E-state index in [0.29, 0.717) is 34.3 Å². The number of carbonyl (C=O) groups is 1. The number of hydrogen-bond donors (Lipinski definition) is 1. The maximum Gasteiger partial charge on any atom is 0.425 e. The largest absolute Gasteiger partial charge is 0.425 e. The van der Waals surface area contributed by atoms with E-state index in [1.54, 1.807) is 18.2 Å². The van der Waals surface area contributed by atoms with Crippen LogP contribution < -0.4 is 5.32 Å². The van der Waals surface area contributed by atoms with Crippen LogP contribution >= 0.6 is 11.8 Å². The molecule has 1 amide bonds. The summed E-state index contributed by atoms with van der Waals surface area (Å²) in [5.41, 5.74) is 2.21. The molecule has 0 saturated carbocycles. The Balaban J connectivity index is 1.76. The molecule has 5 rings (SSSR count). The van der Waals surface area contributed by atoms with Crippen LogP contribution in [-0.2, 0) is 4.87 Å². The highest BCUT2D eigenvalue weighted by Crippen LogP contribution is 2.53. The van der Waals surface area contributed by atoms with Gasteiger partial charge in [-0.25, -0.2) is 14.3 Å². The molecule has 0 fully saturated rings. The van der Waals surface area contributed by atoms with Gasteiger partial charge in [0.2, 0.25) is 4.87 Å². The first-order valence-electron chi connectivity index (χ1n) is 9.78. The Hall–Kier alpha value is -3.52. The molecule has 0 spiro atoms. The number of halogens is 3. The number of nitrogens with one attached hydrogen (secondary N) is 1. The fourth-order valence-corrected chi connectivity index (χ4v) is 4.97. The zero-order valence-electron chi connectivity index (χ0n) is 16.5. The summed E-state index contributed by atoms with van der Waals surface area (Å²) < 4.78 is 44.5. The fraction of sp³-hybridized carbons (Fsp3) is 0.0833. The minimum Gasteiger partial charge on any atom is -0.311 e. The van der Waals surface area contributed by atoms with Gasteiger partial charge in [0.15, 0.2) is 5.16 Å². The topological polar surface area (TPSA) is 46.9 Å². The van der Waals surface area contributed by atoms with Crippen molar-refractivity contribution in [2.24, 2.45) is 0 Å². The van der Waals surface area contributed by atoms with Crippen molar-refractivity contribution in [1.29, 1.82) is 0 Å². The molecule has 1 aliphatic heterocycles. The number of hydrogen-bond acceptors (Lipinski definition) is 3. The second-order valence-corrected chi connectivity index (χ2v) is 8.42. The molecule has 4 nitrogen and oxygen atoms in total. The average molecular weight is 451 g/mol. The van der Waals surface area contributed by atoms with Crippen LogP contribution in [-0.4, -0.2) is 21.8 Å². The molecule has 3 aromatic carbocycles. The number of imidazole rings is 1. The van der Waals surface area contributed by atoms with Gasteiger partial charge >= 0.3 is 12.2 Å². The van der Waals surface area contributed by atoms with Gasteiger partial charge in [-0.15, -0.1) is 0 Å². The number of fused-ring (bicyclic) bond motifs is 1. The number of nitrogens with zero attached hydrogens (tertiary/aromatic N) is 2. The summed E-state index contributed by atoms with van der Waals surface area (Å²) in [5.74, 6) is 0. The lowest BCUT2D eigenvalue weighted by Gasteiger charge is -2.38. The van der Waals surface area contributed by atoms with E-state index in [0.717, 1.165) is 0 Å². The second kappa shape index (κ2) is 7.56. The van der Waals surface area contributed by atoms with Gasteiger partial charge in [0.1, 0.15) is 0 Å². The van der Waals surface area contributed by atoms with Crippen LogP contribution in [0.1, 0.15) is 5.56 Å². The molecule has 0 unspecified atom stereocenters. The molecule has 4 aromatic rings. The molecular weight excluding hydrogens is 435 g/mol. The van der Waals surface area contributed by atoms with Gasteiger partial charge in [0.25, 0.3) is 0 Å². The summed E-state index contributed by atoms with van der Waals surface area (Å²) in [4.78, 5) is 15.2. The van der Waals surface area contributed by atoms with Gasteiger partial charge in [0, 0.05) is 11.1 Å². The molecule has 1 aromatic heterocycles. The third kappa shape index (κ3) is 3.18. The number of benzene rings is 3. The van der Waals surface area contributed by atoms with E-state index in [4.69, 9.17) is 0 Å². The number of carbonyl (C=O) groups excluding carboxylic acids is 1. The number of alkyl halides is 3. The van der Waals surface area contributed by atoms with Crippen LogP contribution in [0, 0.1) is 0 Å². The van der Waals surface area contributed by atoms with Crippen LogP contribution in [0.3, 0.4) is 0 Å². The van der Waals surface area contributed by atoms with Gasteiger partial charge in [-0.3, -0.25) is 0 Å². The first-order chi connectivity index (χ1) is 15.4. The van der Waals surface area contributed by atoms with Gasteiger partial charge in [-0.05, 0) is 17.3 Å². The summed E-state index contributed by atoms with van der Waals surface area (Å²) in [5, 5.41) is 2.22. The average Bonchev–Trinajstić information content (AvgIpc) is 3.20. The smallest absolute Gasteiger partial charge is 0.311 e. The van der Waals surface area contributed by atoms with Crippen LogP contribution in [0.15, 0.2) is 96.2 Å². The first kappa shape index (κ1) is 20.4. The molecular formula is C24H16F3N3OS. The SMILES string of the molecule is O=C1N[C@@](c2ccccc2)(C(F)(F)F)Sc2nc(-c3ccccc3)c(-c3ccccc3)n21. The maximum absolute atomic E-state index is 14.4. The highest BCUT2D eigenvalue weighted by atomic mass is 32.2. The van der Waals surface area contributed by atoms with E-state index in [2.05, 4.69) is 10.3 Å². The minimum absolute atomic E-state index is 0.0207. The Bertz CT molecular complexity index is 1270. The summed E-state index contributed by atoms with van der Waals surface area (Å²) in [6, 6.07) is 24.7. The number of thioether (sulfide) groups is 1. The van der Waals surface area contributed by atoms with Crippen molar-refractivity contribution in [3.05, 3.63) is 96.6 Å². The number of amides is 1. The zero-order chi connectivity index (χ0) is 22.3. The Morgan fingerprint density at radius 1 is 0.812 bits per heavy atom. The van der Waals surface area contributed by atoms with E-state index < -0.39 is 17.1 Å². The van der Waals surface area contributed by atoms with E-state index in [1.165, 1.54) is 28.8 Å². The summed E-state index contributed by atoms with van der Waals surface area (Å²) in [6.07, 6.45) is -4.76. The second-order valence-electron chi connectivity index (χ2n) is 7.24. The third-order valence-corrected chi connectivity index (χ3v) is 6.58. The quantitative estimate of drug-likeness (QED) is 0.398. The minimum atomic E-state index is -4.76. The normalized spacial score (nSPS) is 18.2. The number of rotatable bonds is 3. The summed E-state index contributed by atoms with van der Waals surface area (Å²) in [7, 11) is 0. The highest BCUT2D eigenvalue weighted by molar-refractivity contribution is 8.00. The Kier molecular flexibility index (Phi) is 4.82. The van der Waals surface area contributed by atoms with Crippen molar-refractivity contribution < 1.29 is 18.0 Å². The first-order valence-corrected chi connectivity index (χ1v) is 10.6. The molecule has 0 saturated heterocycles. The molecule has 1 aliphatic rings. The predicted octanol–water partition coefficient (Wildman–Crippen LogP) is 6.30. The summed E-state index contributed by atoms with van der Waals surface area (Å²) in [6.45, 7) is 0. The Morgan fingerprint density at radius 2 is 1.34 bits per heavy atom. The molecule has 1 N–H and O–H groups in total. The lowest BCUT2D eigenvalue weighted by atomic mass is 10.0. The van der Waals surface area contributed by atoms with Crippen LogP contribution in [0.25, 0.3) is 22.5 Å². The van der Waals surface area contributed by atoms with Gasteiger partial charge < -0.3 is 5.32 Å². The lowest BCUT2D eigenvalue weighted by Crippen LogP contribution is -2.57. The van der Waals surface area contributed by atoms with Crippen LogP contribution in [0.4, 0.5) is 18.0 Å². The molecule has 32 heavy (non-hydrogen) atoms. The zero-order valence-corrected chi connectivity index (χ0v) is 17.3. The Labute approximate surface area is 186 Å². The number of aromatic nitrogens is 2. The van der Waals surface area contributed by atoms with Crippen molar-refractivity contribution in [3.63, 3.8) is 0 Å². The van der Waals surface area contributed by atoms with Crippen LogP contribution in [0.5, 0.6) is 0 Å². The fourth-order valence-electron chi connectivity index (χ4n) is 3.78. The third-order valence-electron chi connectivity index (χ3n) is 5.25. The van der Waals surface area contributed by atoms with E-state index in [9.17, 15) is 18.0 Å². The molecule has 160 valence electrons. The predicted molar refractivity (Wildman–Crippen MR) is 117 cm³/mol. The highest BCUT2D eigenvalue weighted by Gasteiger charge is 2.61. The van der Waals surface area contributed by atoms with Crippen molar-refractivity contribution >= 4 is 17.8 Å². The summed E-state index contributed by atoms with van der Waals surface area (Å²) >= 11 is 0.487. The van der Waals surface area contributed by atoms with E-state index in [-0.39, 0.29) is 10.7 Å². The molecule has 0 bridgehead atoms. The maximum atomic E-state index is 14.4. The molecule has 1 atom stereocenters. The lowest BCUT2D eigenvalue weighted by molar-refractivity contribution is -0.167.